The number of likely N-dealkylation sites (N-methyl/N-ethyl adjacent to an activating group) is 1. The van der Waals surface area contributed by atoms with Crippen LogP contribution in [0.3, 0.4) is 0 Å². The van der Waals surface area contributed by atoms with E-state index in [1.54, 1.807) is 0 Å². The molecule has 0 fully saturated rings. The van der Waals surface area contributed by atoms with Crippen LogP contribution < -0.4 is 14.8 Å². The first kappa shape index (κ1) is 14.6. The Balaban J connectivity index is 1.83. The molecule has 5 heteroatoms. The second-order valence-electron chi connectivity index (χ2n) is 4.50. The van der Waals surface area contributed by atoms with Crippen LogP contribution in [0.15, 0.2) is 16.6 Å². The van der Waals surface area contributed by atoms with Gasteiger partial charge in [-0.25, -0.2) is 0 Å². The molecule has 1 aromatic rings. The third-order valence-electron chi connectivity index (χ3n) is 3.36. The lowest BCUT2D eigenvalue weighted by Crippen LogP contribution is -2.31. The normalized spacial score (nSPS) is 13.3. The molecule has 2 rings (SSSR count). The summed E-state index contributed by atoms with van der Waals surface area (Å²) in [4.78, 5) is 2.40. The van der Waals surface area contributed by atoms with Crippen molar-refractivity contribution >= 4 is 15.9 Å². The summed E-state index contributed by atoms with van der Waals surface area (Å²) in [7, 11) is 0. The summed E-state index contributed by atoms with van der Waals surface area (Å²) in [6.07, 6.45) is 0. The van der Waals surface area contributed by atoms with Crippen LogP contribution in [0.2, 0.25) is 0 Å². The first-order valence-corrected chi connectivity index (χ1v) is 7.55. The average molecular weight is 329 g/mol. The number of hydrogen-bond acceptors (Lipinski definition) is 4. The smallest absolute Gasteiger partial charge is 0.231 e. The van der Waals surface area contributed by atoms with E-state index in [9.17, 15) is 0 Å². The summed E-state index contributed by atoms with van der Waals surface area (Å²) in [5.74, 6) is 1.66. The highest BCUT2D eigenvalue weighted by Crippen LogP contribution is 2.36. The van der Waals surface area contributed by atoms with E-state index < -0.39 is 0 Å². The first-order valence-electron chi connectivity index (χ1n) is 6.75. The molecular formula is C14H21BrN2O2. The SMILES string of the molecule is CCN(CC)CCNCc1cc2c(cc1Br)OCO2. The Morgan fingerprint density at radius 3 is 2.58 bits per heavy atom. The van der Waals surface area contributed by atoms with Gasteiger partial charge in [0.1, 0.15) is 0 Å². The number of hydrogen-bond donors (Lipinski definition) is 1. The summed E-state index contributed by atoms with van der Waals surface area (Å²) in [6, 6.07) is 4.01. The van der Waals surface area contributed by atoms with Gasteiger partial charge in [-0.05, 0) is 30.8 Å². The Hall–Kier alpha value is -0.780. The fourth-order valence-electron chi connectivity index (χ4n) is 2.09. The van der Waals surface area contributed by atoms with Crippen molar-refractivity contribution in [1.82, 2.24) is 10.2 Å². The molecule has 1 N–H and O–H groups in total. The largest absolute Gasteiger partial charge is 0.454 e. The molecule has 0 saturated carbocycles. The molecule has 1 aromatic carbocycles. The van der Waals surface area contributed by atoms with Crippen molar-refractivity contribution in [2.45, 2.75) is 20.4 Å². The first-order chi connectivity index (χ1) is 9.24. The van der Waals surface area contributed by atoms with Gasteiger partial charge in [-0.1, -0.05) is 29.8 Å². The van der Waals surface area contributed by atoms with Crippen molar-refractivity contribution in [3.05, 3.63) is 22.2 Å². The lowest BCUT2D eigenvalue weighted by Gasteiger charge is -2.18. The van der Waals surface area contributed by atoms with E-state index in [0.717, 1.165) is 48.7 Å². The van der Waals surface area contributed by atoms with Gasteiger partial charge in [0, 0.05) is 24.1 Å². The van der Waals surface area contributed by atoms with Crippen LogP contribution in [0.25, 0.3) is 0 Å². The molecule has 1 heterocycles. The Morgan fingerprint density at radius 2 is 1.89 bits per heavy atom. The van der Waals surface area contributed by atoms with E-state index in [0.29, 0.717) is 6.79 Å². The Bertz CT molecular complexity index is 422. The number of benzene rings is 1. The minimum absolute atomic E-state index is 0.320. The van der Waals surface area contributed by atoms with Crippen LogP contribution in [0.4, 0.5) is 0 Å². The maximum atomic E-state index is 5.39. The topological polar surface area (TPSA) is 33.7 Å². The number of halogens is 1. The van der Waals surface area contributed by atoms with Gasteiger partial charge in [-0.15, -0.1) is 0 Å². The second kappa shape index (κ2) is 7.12. The molecular weight excluding hydrogens is 308 g/mol. The van der Waals surface area contributed by atoms with Gasteiger partial charge in [0.25, 0.3) is 0 Å². The summed E-state index contributed by atoms with van der Waals surface area (Å²) in [5, 5.41) is 3.46. The number of nitrogens with one attached hydrogen (secondary N) is 1. The van der Waals surface area contributed by atoms with Crippen LogP contribution >= 0.6 is 15.9 Å². The van der Waals surface area contributed by atoms with Gasteiger partial charge < -0.3 is 19.7 Å². The molecule has 19 heavy (non-hydrogen) atoms. The van der Waals surface area contributed by atoms with Crippen LogP contribution in [-0.2, 0) is 6.54 Å². The highest BCUT2D eigenvalue weighted by molar-refractivity contribution is 9.10. The highest BCUT2D eigenvalue weighted by Gasteiger charge is 2.15. The van der Waals surface area contributed by atoms with E-state index in [4.69, 9.17) is 9.47 Å². The molecule has 106 valence electrons. The fourth-order valence-corrected chi connectivity index (χ4v) is 2.56. The number of fused-ring (bicyclic) bond motifs is 1. The number of nitrogens with zero attached hydrogens (tertiary/aromatic N) is 1. The molecule has 0 amide bonds. The maximum absolute atomic E-state index is 5.39. The number of rotatable bonds is 7. The maximum Gasteiger partial charge on any atom is 0.231 e. The predicted molar refractivity (Wildman–Crippen MR) is 79.8 cm³/mol. The quantitative estimate of drug-likeness (QED) is 0.780. The van der Waals surface area contributed by atoms with Crippen molar-refractivity contribution in [2.75, 3.05) is 33.0 Å². The summed E-state index contributed by atoms with van der Waals surface area (Å²) in [5.41, 5.74) is 1.20. The molecule has 0 unspecified atom stereocenters. The van der Waals surface area contributed by atoms with Crippen LogP contribution in [0, 0.1) is 0 Å². The summed E-state index contributed by atoms with van der Waals surface area (Å²) >= 11 is 3.57. The van der Waals surface area contributed by atoms with Crippen molar-refractivity contribution < 1.29 is 9.47 Å². The zero-order chi connectivity index (χ0) is 13.7. The van der Waals surface area contributed by atoms with Crippen LogP contribution in [0.1, 0.15) is 19.4 Å². The van der Waals surface area contributed by atoms with Gasteiger partial charge in [0.05, 0.1) is 0 Å². The summed E-state index contributed by atoms with van der Waals surface area (Å²) < 4.78 is 11.8. The third-order valence-corrected chi connectivity index (χ3v) is 4.09. The Labute approximate surface area is 123 Å². The molecule has 1 aliphatic rings. The molecule has 0 saturated heterocycles. The Kier molecular flexibility index (Phi) is 5.48. The lowest BCUT2D eigenvalue weighted by atomic mass is 10.2. The Morgan fingerprint density at radius 1 is 1.21 bits per heavy atom. The van der Waals surface area contributed by atoms with Gasteiger partial charge in [0.2, 0.25) is 6.79 Å². The van der Waals surface area contributed by atoms with Crippen molar-refractivity contribution in [3.63, 3.8) is 0 Å². The highest BCUT2D eigenvalue weighted by atomic mass is 79.9. The van der Waals surface area contributed by atoms with Crippen molar-refractivity contribution in [3.8, 4) is 11.5 Å². The van der Waals surface area contributed by atoms with Crippen LogP contribution in [0.5, 0.6) is 11.5 Å². The van der Waals surface area contributed by atoms with Gasteiger partial charge >= 0.3 is 0 Å². The lowest BCUT2D eigenvalue weighted by molar-refractivity contribution is 0.174. The monoisotopic (exact) mass is 328 g/mol. The fraction of sp³-hybridized carbons (Fsp3) is 0.571. The minimum atomic E-state index is 0.320. The van der Waals surface area contributed by atoms with E-state index in [2.05, 4.69) is 40.0 Å². The zero-order valence-corrected chi connectivity index (χ0v) is 13.1. The molecule has 0 aliphatic carbocycles. The van der Waals surface area contributed by atoms with Crippen molar-refractivity contribution in [1.29, 1.82) is 0 Å². The van der Waals surface area contributed by atoms with Gasteiger partial charge in [-0.3, -0.25) is 0 Å². The molecule has 0 bridgehead atoms. The molecule has 0 spiro atoms. The summed E-state index contributed by atoms with van der Waals surface area (Å²) in [6.45, 7) is 9.81. The average Bonchev–Trinajstić information content (AvgIpc) is 2.86. The molecule has 4 nitrogen and oxygen atoms in total. The van der Waals surface area contributed by atoms with Crippen molar-refractivity contribution in [2.24, 2.45) is 0 Å². The minimum Gasteiger partial charge on any atom is -0.454 e. The van der Waals surface area contributed by atoms with E-state index in [1.165, 1.54) is 5.56 Å². The van der Waals surface area contributed by atoms with E-state index in [-0.39, 0.29) is 0 Å². The van der Waals surface area contributed by atoms with E-state index >= 15 is 0 Å². The predicted octanol–water partition coefficient (Wildman–Crippen LogP) is 2.61. The molecule has 0 aromatic heterocycles. The second-order valence-corrected chi connectivity index (χ2v) is 5.35. The van der Waals surface area contributed by atoms with E-state index in [1.807, 2.05) is 12.1 Å². The van der Waals surface area contributed by atoms with Gasteiger partial charge in [0.15, 0.2) is 11.5 Å². The third kappa shape index (κ3) is 3.84. The number of ether oxygens (including phenoxy) is 2. The standard InChI is InChI=1S/C14H21BrN2O2/c1-3-17(4-2)6-5-16-9-11-7-13-14(8-12(11)15)19-10-18-13/h7-8,16H,3-6,9-10H2,1-2H3. The molecule has 0 atom stereocenters. The van der Waals surface area contributed by atoms with Crippen LogP contribution in [-0.4, -0.2) is 37.9 Å². The zero-order valence-electron chi connectivity index (χ0n) is 11.5. The van der Waals surface area contributed by atoms with Gasteiger partial charge in [-0.2, -0.15) is 0 Å². The molecule has 1 aliphatic heterocycles. The molecule has 0 radical (unpaired) electrons.